The van der Waals surface area contributed by atoms with Crippen molar-refractivity contribution in [1.82, 2.24) is 19.5 Å². The Balaban J connectivity index is 1.36. The van der Waals surface area contributed by atoms with Gasteiger partial charge < -0.3 is 5.32 Å². The highest BCUT2D eigenvalue weighted by atomic mass is 32.1. The molecule has 6 nitrogen and oxygen atoms in total. The highest BCUT2D eigenvalue weighted by Crippen LogP contribution is 2.40. The van der Waals surface area contributed by atoms with Gasteiger partial charge in [0.25, 0.3) is 5.56 Å². The molecule has 1 saturated carbocycles. The Morgan fingerprint density at radius 2 is 2.07 bits per heavy atom. The molecule has 136 valence electrons. The van der Waals surface area contributed by atoms with Crippen LogP contribution in [0.3, 0.4) is 0 Å². The molecule has 0 bridgehead atoms. The van der Waals surface area contributed by atoms with Crippen LogP contribution in [0, 0.1) is 6.92 Å². The monoisotopic (exact) mass is 378 g/mol. The number of carbonyl (C=O) groups excluding carboxylic acids is 1. The van der Waals surface area contributed by atoms with Gasteiger partial charge in [-0.3, -0.25) is 14.0 Å². The molecule has 0 radical (unpaired) electrons. The highest BCUT2D eigenvalue weighted by Gasteiger charge is 2.39. The van der Waals surface area contributed by atoms with Gasteiger partial charge in [-0.15, -0.1) is 11.3 Å². The Kier molecular flexibility index (Phi) is 3.65. The van der Waals surface area contributed by atoms with Crippen LogP contribution in [0.15, 0.2) is 52.6 Å². The van der Waals surface area contributed by atoms with Crippen LogP contribution in [-0.2, 0) is 11.3 Å². The highest BCUT2D eigenvalue weighted by molar-refractivity contribution is 7.17. The number of hydrogen-bond donors (Lipinski definition) is 1. The van der Waals surface area contributed by atoms with E-state index in [0.717, 1.165) is 16.6 Å². The first-order valence-corrected chi connectivity index (χ1v) is 9.80. The lowest BCUT2D eigenvalue weighted by Crippen LogP contribution is -2.36. The van der Waals surface area contributed by atoms with Gasteiger partial charge >= 0.3 is 0 Å². The summed E-state index contributed by atoms with van der Waals surface area (Å²) in [5.41, 5.74) is 2.54. The van der Waals surface area contributed by atoms with E-state index >= 15 is 0 Å². The zero-order valence-corrected chi connectivity index (χ0v) is 15.6. The minimum atomic E-state index is -0.241. The minimum absolute atomic E-state index is 0.0625. The standard InChI is InChI=1S/C20H18N4O2S/c1-12-22-23(20(26)17-10-18-16(24(12)17)7-8-27-18)11-19(25)21-15-9-14(15)13-5-3-2-4-6-13/h2-8,10,14-15H,9,11H2,1H3,(H,21,25)/t14-,15+/m1/s1. The number of aromatic nitrogens is 3. The Labute approximate surface area is 159 Å². The summed E-state index contributed by atoms with van der Waals surface area (Å²) in [4.78, 5) is 25.2. The summed E-state index contributed by atoms with van der Waals surface area (Å²) in [6.07, 6.45) is 0.936. The normalized spacial score (nSPS) is 18.9. The van der Waals surface area contributed by atoms with Gasteiger partial charge in [-0.1, -0.05) is 30.3 Å². The van der Waals surface area contributed by atoms with E-state index in [-0.39, 0.29) is 24.1 Å². The third-order valence-electron chi connectivity index (χ3n) is 5.12. The number of aryl methyl sites for hydroxylation is 1. The van der Waals surface area contributed by atoms with Crippen LogP contribution < -0.4 is 10.9 Å². The summed E-state index contributed by atoms with van der Waals surface area (Å²) in [6.45, 7) is 1.79. The van der Waals surface area contributed by atoms with Crippen LogP contribution in [0.2, 0.25) is 0 Å². The van der Waals surface area contributed by atoms with Crippen LogP contribution in [0.5, 0.6) is 0 Å². The average molecular weight is 378 g/mol. The second-order valence-electron chi connectivity index (χ2n) is 6.97. The van der Waals surface area contributed by atoms with Crippen molar-refractivity contribution in [3.05, 3.63) is 69.6 Å². The molecule has 0 unspecified atom stereocenters. The van der Waals surface area contributed by atoms with E-state index in [1.165, 1.54) is 10.2 Å². The van der Waals surface area contributed by atoms with Crippen molar-refractivity contribution >= 4 is 33.0 Å². The van der Waals surface area contributed by atoms with E-state index in [9.17, 15) is 9.59 Å². The van der Waals surface area contributed by atoms with Gasteiger partial charge in [-0.05, 0) is 36.4 Å². The molecule has 1 N–H and O–H groups in total. The molecule has 2 atom stereocenters. The summed E-state index contributed by atoms with van der Waals surface area (Å²) in [5, 5.41) is 9.38. The number of amides is 1. The van der Waals surface area contributed by atoms with E-state index in [0.29, 0.717) is 17.3 Å². The first-order valence-electron chi connectivity index (χ1n) is 8.92. The molecule has 0 aliphatic heterocycles. The summed E-state index contributed by atoms with van der Waals surface area (Å²) in [5.74, 6) is 0.881. The van der Waals surface area contributed by atoms with Gasteiger partial charge in [0.1, 0.15) is 17.9 Å². The molecule has 4 aromatic rings. The van der Waals surface area contributed by atoms with Crippen molar-refractivity contribution < 1.29 is 4.79 Å². The van der Waals surface area contributed by atoms with Crippen LogP contribution in [0.1, 0.15) is 23.7 Å². The predicted octanol–water partition coefficient (Wildman–Crippen LogP) is 2.69. The van der Waals surface area contributed by atoms with Gasteiger partial charge in [-0.25, -0.2) is 4.68 Å². The third kappa shape index (κ3) is 2.75. The molecule has 1 fully saturated rings. The van der Waals surface area contributed by atoms with Gasteiger partial charge in [0, 0.05) is 12.0 Å². The maximum Gasteiger partial charge on any atom is 0.291 e. The topological polar surface area (TPSA) is 68.4 Å². The molecule has 3 heterocycles. The molecule has 1 aliphatic rings. The summed E-state index contributed by atoms with van der Waals surface area (Å²) in [7, 11) is 0. The van der Waals surface area contributed by atoms with E-state index in [2.05, 4.69) is 22.5 Å². The quantitative estimate of drug-likeness (QED) is 0.594. The van der Waals surface area contributed by atoms with Crippen molar-refractivity contribution in [3.8, 4) is 0 Å². The van der Waals surface area contributed by atoms with Gasteiger partial charge in [0.15, 0.2) is 0 Å². The smallest absolute Gasteiger partial charge is 0.291 e. The van der Waals surface area contributed by atoms with E-state index in [4.69, 9.17) is 0 Å². The molecular formula is C20H18N4O2S. The number of fused-ring (bicyclic) bond motifs is 3. The maximum absolute atomic E-state index is 12.8. The van der Waals surface area contributed by atoms with Crippen LogP contribution in [-0.4, -0.2) is 26.1 Å². The number of nitrogens with zero attached hydrogens (tertiary/aromatic N) is 3. The Bertz CT molecular complexity index is 1220. The fourth-order valence-electron chi connectivity index (χ4n) is 3.75. The van der Waals surface area contributed by atoms with Gasteiger partial charge in [-0.2, -0.15) is 5.10 Å². The summed E-state index contributed by atoms with van der Waals surface area (Å²) >= 11 is 1.59. The number of thiophene rings is 1. The minimum Gasteiger partial charge on any atom is -0.351 e. The number of nitrogens with one attached hydrogen (secondary N) is 1. The first kappa shape index (κ1) is 16.3. The van der Waals surface area contributed by atoms with Crippen LogP contribution >= 0.6 is 11.3 Å². The van der Waals surface area contributed by atoms with Crippen molar-refractivity contribution in [2.45, 2.75) is 31.8 Å². The Morgan fingerprint density at radius 3 is 2.89 bits per heavy atom. The number of benzene rings is 1. The molecule has 27 heavy (non-hydrogen) atoms. The molecule has 1 amide bonds. The van der Waals surface area contributed by atoms with E-state index in [1.54, 1.807) is 11.3 Å². The van der Waals surface area contributed by atoms with Crippen molar-refractivity contribution in [2.24, 2.45) is 0 Å². The van der Waals surface area contributed by atoms with E-state index < -0.39 is 0 Å². The molecule has 1 aromatic carbocycles. The van der Waals surface area contributed by atoms with Crippen molar-refractivity contribution in [2.75, 3.05) is 0 Å². The van der Waals surface area contributed by atoms with Crippen molar-refractivity contribution in [1.29, 1.82) is 0 Å². The fourth-order valence-corrected chi connectivity index (χ4v) is 4.55. The van der Waals surface area contributed by atoms with Gasteiger partial charge in [0.05, 0.1) is 10.2 Å². The first-order chi connectivity index (χ1) is 13.1. The number of hydrogen-bond acceptors (Lipinski definition) is 4. The summed E-state index contributed by atoms with van der Waals surface area (Å²) < 4.78 is 4.17. The lowest BCUT2D eigenvalue weighted by atomic mass is 10.1. The van der Waals surface area contributed by atoms with Gasteiger partial charge in [0.2, 0.25) is 5.91 Å². The van der Waals surface area contributed by atoms with Crippen LogP contribution in [0.25, 0.3) is 15.7 Å². The maximum atomic E-state index is 12.8. The molecule has 7 heteroatoms. The lowest BCUT2D eigenvalue weighted by molar-refractivity contribution is -0.122. The zero-order chi connectivity index (χ0) is 18.5. The number of rotatable bonds is 4. The zero-order valence-electron chi connectivity index (χ0n) is 14.8. The SMILES string of the molecule is Cc1nn(CC(=O)N[C@H]2C[C@@H]2c2ccccc2)c(=O)c2cc3sccc3n12. The van der Waals surface area contributed by atoms with Crippen molar-refractivity contribution in [3.63, 3.8) is 0 Å². The Hall–Kier alpha value is -2.93. The molecular weight excluding hydrogens is 360 g/mol. The average Bonchev–Trinajstić information content (AvgIpc) is 3.09. The molecule has 1 aliphatic carbocycles. The Morgan fingerprint density at radius 1 is 1.26 bits per heavy atom. The third-order valence-corrected chi connectivity index (χ3v) is 5.98. The second kappa shape index (κ2) is 6.06. The molecule has 0 spiro atoms. The molecule has 3 aromatic heterocycles. The lowest BCUT2D eigenvalue weighted by Gasteiger charge is -2.09. The largest absolute Gasteiger partial charge is 0.351 e. The van der Waals surface area contributed by atoms with E-state index in [1.807, 2.05) is 47.0 Å². The molecule has 0 saturated heterocycles. The molecule has 5 rings (SSSR count). The van der Waals surface area contributed by atoms with Crippen LogP contribution in [0.4, 0.5) is 0 Å². The predicted molar refractivity (Wildman–Crippen MR) is 105 cm³/mol. The summed E-state index contributed by atoms with van der Waals surface area (Å²) in [6, 6.07) is 14.2. The second-order valence-corrected chi connectivity index (χ2v) is 7.92. The fraction of sp³-hybridized carbons (Fsp3) is 0.250. The number of carbonyl (C=O) groups is 1.